The zero-order chi connectivity index (χ0) is 24.8. The molecule has 0 atom stereocenters. The number of sulfonamides is 1. The number of nitrogens with zero attached hydrogens (tertiary/aromatic N) is 2. The fraction of sp³-hybridized carbons (Fsp3) is 0.200. The zero-order valence-corrected chi connectivity index (χ0v) is 20.6. The quantitative estimate of drug-likeness (QED) is 0.346. The van der Waals surface area contributed by atoms with Gasteiger partial charge in [0.2, 0.25) is 0 Å². The van der Waals surface area contributed by atoms with Crippen molar-refractivity contribution in [1.82, 2.24) is 5.43 Å². The van der Waals surface area contributed by atoms with Gasteiger partial charge in [-0.3, -0.25) is 9.10 Å². The largest absolute Gasteiger partial charge is 0.489 e. The molecule has 4 rings (SSSR count). The summed E-state index contributed by atoms with van der Waals surface area (Å²) in [5, 5.41) is 3.96. The minimum Gasteiger partial charge on any atom is -0.489 e. The zero-order valence-electron chi connectivity index (χ0n) is 18.9. The minimum atomic E-state index is -4.09. The third-order valence-corrected chi connectivity index (χ3v) is 8.19. The van der Waals surface area contributed by atoms with Crippen LogP contribution in [-0.4, -0.2) is 44.7 Å². The molecule has 3 aromatic carbocycles. The van der Waals surface area contributed by atoms with E-state index in [1.54, 1.807) is 12.1 Å². The number of rotatable bonds is 9. The summed E-state index contributed by atoms with van der Waals surface area (Å²) in [4.78, 5) is 12.7. The van der Waals surface area contributed by atoms with E-state index in [9.17, 15) is 17.6 Å². The second-order valence-electron chi connectivity index (χ2n) is 7.94. The summed E-state index contributed by atoms with van der Waals surface area (Å²) in [6, 6.07) is 18.5. The number of anilines is 1. The van der Waals surface area contributed by atoms with Crippen LogP contribution in [0.4, 0.5) is 10.1 Å². The number of thioether (sulfide) groups is 1. The standard InChI is InChI=1S/C25H24FN3O4S2/c1-18-5-11-24(12-6-18)35(31,32)29(21-9-7-20(26)8-10-21)15-25(30)28-27-14-19-3-2-4-22(13-19)33-23-16-34-17-23/h2-14,23H,15-17H2,1H3,(H,28,30)/b27-14-. The van der Waals surface area contributed by atoms with Crippen LogP contribution in [0.1, 0.15) is 11.1 Å². The van der Waals surface area contributed by atoms with E-state index in [4.69, 9.17) is 4.74 Å². The van der Waals surface area contributed by atoms with Crippen molar-refractivity contribution in [2.24, 2.45) is 5.10 Å². The lowest BCUT2D eigenvalue weighted by Gasteiger charge is -2.25. The molecule has 0 aromatic heterocycles. The molecule has 0 spiro atoms. The van der Waals surface area contributed by atoms with Crippen molar-refractivity contribution in [2.75, 3.05) is 22.4 Å². The molecule has 182 valence electrons. The van der Waals surface area contributed by atoms with Gasteiger partial charge in [-0.25, -0.2) is 18.2 Å². The van der Waals surface area contributed by atoms with Gasteiger partial charge in [0.05, 0.1) is 16.8 Å². The molecule has 0 bridgehead atoms. The first-order chi connectivity index (χ1) is 16.8. The highest BCUT2D eigenvalue weighted by molar-refractivity contribution is 8.00. The van der Waals surface area contributed by atoms with E-state index < -0.39 is 28.3 Å². The Morgan fingerprint density at radius 2 is 1.86 bits per heavy atom. The molecule has 3 aromatic rings. The molecule has 35 heavy (non-hydrogen) atoms. The summed E-state index contributed by atoms with van der Waals surface area (Å²) >= 11 is 1.83. The number of amides is 1. The Morgan fingerprint density at radius 3 is 2.51 bits per heavy atom. The van der Waals surface area contributed by atoms with Gasteiger partial charge in [-0.15, -0.1) is 0 Å². The van der Waals surface area contributed by atoms with E-state index in [1.165, 1.54) is 30.5 Å². The van der Waals surface area contributed by atoms with Crippen molar-refractivity contribution in [3.05, 3.63) is 89.7 Å². The number of ether oxygens (including phenoxy) is 1. The number of halogens is 1. The van der Waals surface area contributed by atoms with Crippen LogP contribution in [0.5, 0.6) is 5.75 Å². The van der Waals surface area contributed by atoms with Crippen LogP contribution >= 0.6 is 11.8 Å². The van der Waals surface area contributed by atoms with Crippen molar-refractivity contribution in [3.8, 4) is 5.75 Å². The van der Waals surface area contributed by atoms with Gasteiger partial charge in [0.1, 0.15) is 24.2 Å². The smallest absolute Gasteiger partial charge is 0.264 e. The molecule has 1 N–H and O–H groups in total. The van der Waals surface area contributed by atoms with Crippen molar-refractivity contribution < 1.29 is 22.3 Å². The first-order valence-corrected chi connectivity index (χ1v) is 13.4. The number of nitrogens with one attached hydrogen (secondary N) is 1. The highest BCUT2D eigenvalue weighted by Gasteiger charge is 2.27. The van der Waals surface area contributed by atoms with Gasteiger partial charge >= 0.3 is 0 Å². The van der Waals surface area contributed by atoms with E-state index in [-0.39, 0.29) is 16.7 Å². The molecule has 1 aliphatic heterocycles. The summed E-state index contributed by atoms with van der Waals surface area (Å²) in [5.41, 5.74) is 4.14. The Bertz CT molecular complexity index is 1310. The molecule has 10 heteroatoms. The predicted octanol–water partition coefficient (Wildman–Crippen LogP) is 3.97. The van der Waals surface area contributed by atoms with E-state index in [0.717, 1.165) is 44.8 Å². The van der Waals surface area contributed by atoms with Crippen LogP contribution in [-0.2, 0) is 14.8 Å². The van der Waals surface area contributed by atoms with Gasteiger partial charge in [-0.05, 0) is 61.0 Å². The SMILES string of the molecule is Cc1ccc(S(=O)(=O)N(CC(=O)N/N=C\c2cccc(OC3CSC3)c2)c2ccc(F)cc2)cc1. The molecule has 0 saturated carbocycles. The lowest BCUT2D eigenvalue weighted by atomic mass is 10.2. The first kappa shape index (κ1) is 24.7. The number of carbonyl (C=O) groups excluding carboxylic acids is 1. The Labute approximate surface area is 208 Å². The maximum atomic E-state index is 13.4. The lowest BCUT2D eigenvalue weighted by Crippen LogP contribution is -2.39. The maximum absolute atomic E-state index is 13.4. The highest BCUT2D eigenvalue weighted by atomic mass is 32.2. The Morgan fingerprint density at radius 1 is 1.14 bits per heavy atom. The summed E-state index contributed by atoms with van der Waals surface area (Å²) in [7, 11) is -4.09. The summed E-state index contributed by atoms with van der Waals surface area (Å²) < 4.78 is 46.8. The predicted molar refractivity (Wildman–Crippen MR) is 136 cm³/mol. The topological polar surface area (TPSA) is 88.1 Å². The number of hydrazone groups is 1. The van der Waals surface area contributed by atoms with Gasteiger partial charge in [0.25, 0.3) is 15.9 Å². The average Bonchev–Trinajstić information content (AvgIpc) is 2.81. The van der Waals surface area contributed by atoms with Crippen LogP contribution in [0.25, 0.3) is 0 Å². The fourth-order valence-corrected chi connectivity index (χ4v) is 5.23. The molecule has 1 amide bonds. The van der Waals surface area contributed by atoms with Crippen LogP contribution in [0.15, 0.2) is 82.8 Å². The van der Waals surface area contributed by atoms with Crippen molar-refractivity contribution in [2.45, 2.75) is 17.9 Å². The first-order valence-electron chi connectivity index (χ1n) is 10.8. The van der Waals surface area contributed by atoms with E-state index in [1.807, 2.05) is 43.0 Å². The second kappa shape index (κ2) is 10.9. The Balaban J connectivity index is 1.48. The van der Waals surface area contributed by atoms with Crippen molar-refractivity contribution >= 4 is 39.6 Å². The van der Waals surface area contributed by atoms with Crippen LogP contribution in [0.2, 0.25) is 0 Å². The molecule has 1 saturated heterocycles. The van der Waals surface area contributed by atoms with E-state index in [2.05, 4.69) is 10.5 Å². The van der Waals surface area contributed by atoms with E-state index in [0.29, 0.717) is 0 Å². The molecule has 1 fully saturated rings. The van der Waals surface area contributed by atoms with Gasteiger partial charge in [-0.1, -0.05) is 29.8 Å². The number of carbonyl (C=O) groups is 1. The molecule has 7 nitrogen and oxygen atoms in total. The molecule has 1 heterocycles. The van der Waals surface area contributed by atoms with Crippen molar-refractivity contribution in [3.63, 3.8) is 0 Å². The number of benzene rings is 3. The molecule has 0 radical (unpaired) electrons. The minimum absolute atomic E-state index is 0.0189. The van der Waals surface area contributed by atoms with Crippen LogP contribution in [0, 0.1) is 12.7 Å². The van der Waals surface area contributed by atoms with Crippen LogP contribution in [0.3, 0.4) is 0 Å². The molecule has 0 unspecified atom stereocenters. The molecular weight excluding hydrogens is 489 g/mol. The number of hydrogen-bond acceptors (Lipinski definition) is 6. The summed E-state index contributed by atoms with van der Waals surface area (Å²) in [6.07, 6.45) is 1.66. The van der Waals surface area contributed by atoms with Gasteiger partial charge in [-0.2, -0.15) is 16.9 Å². The Hall–Kier alpha value is -3.37. The third-order valence-electron chi connectivity index (χ3n) is 5.18. The number of hydrogen-bond donors (Lipinski definition) is 1. The summed E-state index contributed by atoms with van der Waals surface area (Å²) in [5.74, 6) is 1.48. The average molecular weight is 514 g/mol. The van der Waals surface area contributed by atoms with Crippen molar-refractivity contribution in [1.29, 1.82) is 0 Å². The van der Waals surface area contributed by atoms with E-state index >= 15 is 0 Å². The highest BCUT2D eigenvalue weighted by Crippen LogP contribution is 2.25. The normalized spacial score (nSPS) is 13.9. The molecule has 0 aliphatic carbocycles. The van der Waals surface area contributed by atoms with Gasteiger partial charge in [0, 0.05) is 11.5 Å². The number of aryl methyl sites for hydroxylation is 1. The third kappa shape index (κ3) is 6.40. The second-order valence-corrected chi connectivity index (χ2v) is 10.9. The van der Waals surface area contributed by atoms with Crippen LogP contribution < -0.4 is 14.5 Å². The van der Waals surface area contributed by atoms with Gasteiger partial charge in [0.15, 0.2) is 0 Å². The Kier molecular flexibility index (Phi) is 7.72. The summed E-state index contributed by atoms with van der Waals surface area (Å²) in [6.45, 7) is 1.30. The monoisotopic (exact) mass is 513 g/mol. The molecule has 1 aliphatic rings. The molecular formula is C25H24FN3O4S2. The maximum Gasteiger partial charge on any atom is 0.264 e. The fourth-order valence-electron chi connectivity index (χ4n) is 3.25. The van der Waals surface area contributed by atoms with Gasteiger partial charge < -0.3 is 4.74 Å². The lowest BCUT2D eigenvalue weighted by molar-refractivity contribution is -0.119.